The Morgan fingerprint density at radius 2 is 1.75 bits per heavy atom. The Morgan fingerprint density at radius 3 is 2.41 bits per heavy atom. The fourth-order valence-electron chi connectivity index (χ4n) is 3.70. The van der Waals surface area contributed by atoms with Crippen molar-refractivity contribution in [3.8, 4) is 0 Å². The van der Waals surface area contributed by atoms with Gasteiger partial charge in [-0.25, -0.2) is 8.42 Å². The van der Waals surface area contributed by atoms with Crippen molar-refractivity contribution in [2.24, 2.45) is 0 Å². The monoisotopic (exact) mass is 477 g/mol. The van der Waals surface area contributed by atoms with Crippen molar-refractivity contribution in [3.63, 3.8) is 0 Å². The van der Waals surface area contributed by atoms with E-state index in [4.69, 9.17) is 11.6 Å². The van der Waals surface area contributed by atoms with Gasteiger partial charge in [-0.3, -0.25) is 9.69 Å². The maximum Gasteiger partial charge on any atom is 0.251 e. The highest BCUT2D eigenvalue weighted by atomic mass is 35.5. The van der Waals surface area contributed by atoms with Crippen LogP contribution >= 0.6 is 11.6 Å². The first-order valence-corrected chi connectivity index (χ1v) is 12.9. The van der Waals surface area contributed by atoms with Gasteiger partial charge in [-0.05, 0) is 63.1 Å². The van der Waals surface area contributed by atoms with Crippen molar-refractivity contribution in [2.75, 3.05) is 20.1 Å². The van der Waals surface area contributed by atoms with E-state index in [9.17, 15) is 13.2 Å². The highest BCUT2D eigenvalue weighted by Crippen LogP contribution is 2.28. The average molecular weight is 478 g/mol. The van der Waals surface area contributed by atoms with Crippen LogP contribution in [0.15, 0.2) is 47.4 Å². The van der Waals surface area contributed by atoms with Crippen molar-refractivity contribution in [2.45, 2.75) is 57.1 Å². The van der Waals surface area contributed by atoms with Gasteiger partial charge in [-0.2, -0.15) is 4.31 Å². The van der Waals surface area contributed by atoms with Crippen LogP contribution in [0.4, 0.5) is 0 Å². The Labute approximate surface area is 196 Å². The molecule has 1 amide bonds. The van der Waals surface area contributed by atoms with Crippen molar-refractivity contribution in [1.29, 1.82) is 0 Å². The summed E-state index contributed by atoms with van der Waals surface area (Å²) in [6, 6.07) is 12.8. The zero-order valence-corrected chi connectivity index (χ0v) is 20.5. The molecule has 174 valence electrons. The molecule has 0 aromatic heterocycles. The number of piperidine rings is 1. The van der Waals surface area contributed by atoms with Crippen LogP contribution < -0.4 is 5.32 Å². The summed E-state index contributed by atoms with van der Waals surface area (Å²) in [6.07, 6.45) is 2.70. The lowest BCUT2D eigenvalue weighted by Gasteiger charge is -2.26. The van der Waals surface area contributed by atoms with Gasteiger partial charge in [-0.1, -0.05) is 42.3 Å². The van der Waals surface area contributed by atoms with Crippen LogP contribution in [-0.4, -0.2) is 49.7 Å². The molecule has 0 unspecified atom stereocenters. The number of hydrogen-bond donors (Lipinski definition) is 1. The van der Waals surface area contributed by atoms with E-state index in [1.807, 2.05) is 18.2 Å². The van der Waals surface area contributed by atoms with Gasteiger partial charge < -0.3 is 5.32 Å². The lowest BCUT2D eigenvalue weighted by Crippen LogP contribution is -2.36. The smallest absolute Gasteiger partial charge is 0.251 e. The number of amides is 1. The molecule has 1 heterocycles. The molecule has 1 fully saturated rings. The molecular formula is C24H32ClN3O3S. The molecule has 0 atom stereocenters. The van der Waals surface area contributed by atoms with Crippen molar-refractivity contribution in [1.82, 2.24) is 14.5 Å². The summed E-state index contributed by atoms with van der Waals surface area (Å²) in [5, 5.41) is 3.06. The van der Waals surface area contributed by atoms with Gasteiger partial charge in [0.05, 0.1) is 5.02 Å². The number of nitrogens with one attached hydrogen (secondary N) is 1. The van der Waals surface area contributed by atoms with Crippen molar-refractivity contribution in [3.05, 3.63) is 64.2 Å². The van der Waals surface area contributed by atoms with Gasteiger partial charge in [-0.15, -0.1) is 0 Å². The van der Waals surface area contributed by atoms with Crippen molar-refractivity contribution < 1.29 is 13.2 Å². The normalized spacial score (nSPS) is 15.3. The largest absolute Gasteiger partial charge is 0.348 e. The first-order chi connectivity index (χ1) is 15.2. The molecule has 2 aromatic rings. The van der Waals surface area contributed by atoms with Crippen molar-refractivity contribution >= 4 is 27.5 Å². The zero-order chi connectivity index (χ0) is 23.3. The summed E-state index contributed by atoms with van der Waals surface area (Å²) in [7, 11) is -1.66. The number of carbonyl (C=O) groups excluding carboxylic acids is 1. The molecule has 1 aliphatic heterocycles. The number of sulfonamides is 1. The van der Waals surface area contributed by atoms with Crippen LogP contribution in [0.3, 0.4) is 0 Å². The highest BCUT2D eigenvalue weighted by molar-refractivity contribution is 7.89. The quantitative estimate of drug-likeness (QED) is 0.616. The van der Waals surface area contributed by atoms with Gasteiger partial charge in [0.2, 0.25) is 10.0 Å². The van der Waals surface area contributed by atoms with Gasteiger partial charge in [0.25, 0.3) is 5.91 Å². The molecule has 1 N–H and O–H groups in total. The third kappa shape index (κ3) is 5.90. The molecule has 0 aliphatic carbocycles. The van der Waals surface area contributed by atoms with Crippen LogP contribution in [0, 0.1) is 0 Å². The second kappa shape index (κ2) is 10.8. The summed E-state index contributed by atoms with van der Waals surface area (Å²) < 4.78 is 27.6. The average Bonchev–Trinajstić information content (AvgIpc) is 2.79. The summed E-state index contributed by atoms with van der Waals surface area (Å²) in [5.74, 6) is -0.330. The summed E-state index contributed by atoms with van der Waals surface area (Å²) in [5.41, 5.74) is 2.46. The molecule has 0 bridgehead atoms. The fourth-order valence-corrected chi connectivity index (χ4v) is 5.72. The topological polar surface area (TPSA) is 69.7 Å². The van der Waals surface area contributed by atoms with E-state index in [1.54, 1.807) is 6.07 Å². The van der Waals surface area contributed by atoms with Gasteiger partial charge in [0, 0.05) is 37.8 Å². The van der Waals surface area contributed by atoms with Crippen LogP contribution in [0.25, 0.3) is 0 Å². The molecule has 32 heavy (non-hydrogen) atoms. The summed E-state index contributed by atoms with van der Waals surface area (Å²) in [4.78, 5) is 15.1. The van der Waals surface area contributed by atoms with Crippen LogP contribution in [0.2, 0.25) is 5.02 Å². The molecule has 0 spiro atoms. The van der Waals surface area contributed by atoms with E-state index in [2.05, 4.69) is 37.2 Å². The third-order valence-corrected chi connectivity index (χ3v) is 8.37. The maximum absolute atomic E-state index is 13.1. The van der Waals surface area contributed by atoms with Crippen LogP contribution in [0.1, 0.15) is 54.6 Å². The fraction of sp³-hybridized carbons (Fsp3) is 0.458. The minimum Gasteiger partial charge on any atom is -0.348 e. The van der Waals surface area contributed by atoms with E-state index in [0.717, 1.165) is 36.9 Å². The Hall–Kier alpha value is -1.93. The molecule has 3 rings (SSSR count). The van der Waals surface area contributed by atoms with E-state index >= 15 is 0 Å². The molecule has 1 saturated heterocycles. The molecule has 0 radical (unpaired) electrons. The summed E-state index contributed by atoms with van der Waals surface area (Å²) >= 11 is 6.23. The first-order valence-electron chi connectivity index (χ1n) is 11.0. The van der Waals surface area contributed by atoms with Crippen LogP contribution in [0.5, 0.6) is 0 Å². The molecular weight excluding hydrogens is 446 g/mol. The Morgan fingerprint density at radius 1 is 1.09 bits per heavy atom. The SMILES string of the molecule is CC(C)N(C)Cc1ccccc1CNC(=O)c1ccc(Cl)c(S(=O)(=O)N2CCCCC2)c1. The number of hydrogen-bond acceptors (Lipinski definition) is 4. The lowest BCUT2D eigenvalue weighted by molar-refractivity contribution is 0.0950. The van der Waals surface area contributed by atoms with E-state index in [-0.39, 0.29) is 21.4 Å². The molecule has 6 nitrogen and oxygen atoms in total. The predicted molar refractivity (Wildman–Crippen MR) is 128 cm³/mol. The Balaban J connectivity index is 1.75. The van der Waals surface area contributed by atoms with Gasteiger partial charge in [0.15, 0.2) is 0 Å². The number of benzene rings is 2. The minimum absolute atomic E-state index is 0.00678. The molecule has 0 saturated carbocycles. The number of nitrogens with zero attached hydrogens (tertiary/aromatic N) is 2. The highest BCUT2D eigenvalue weighted by Gasteiger charge is 2.28. The lowest BCUT2D eigenvalue weighted by atomic mass is 10.1. The standard InChI is InChI=1S/C24H32ClN3O3S/c1-18(2)27(3)17-21-10-6-5-9-20(21)16-26-24(29)19-11-12-22(25)23(15-19)32(30,31)28-13-7-4-8-14-28/h5-6,9-12,15,18H,4,7-8,13-14,16-17H2,1-3H3,(H,26,29). The molecule has 1 aliphatic rings. The van der Waals surface area contributed by atoms with Gasteiger partial charge >= 0.3 is 0 Å². The predicted octanol–water partition coefficient (Wildman–Crippen LogP) is 4.28. The first kappa shape index (κ1) is 24.7. The second-order valence-corrected chi connectivity index (χ2v) is 10.9. The van der Waals surface area contributed by atoms with Gasteiger partial charge in [0.1, 0.15) is 4.90 Å². The number of halogens is 1. The molecule has 8 heteroatoms. The van der Waals surface area contributed by atoms with E-state index < -0.39 is 10.0 Å². The third-order valence-electron chi connectivity index (χ3n) is 5.99. The van der Waals surface area contributed by atoms with Crippen LogP contribution in [-0.2, 0) is 23.1 Å². The second-order valence-electron chi connectivity index (χ2n) is 8.57. The van der Waals surface area contributed by atoms with E-state index in [1.165, 1.54) is 16.4 Å². The van der Waals surface area contributed by atoms with E-state index in [0.29, 0.717) is 25.7 Å². The molecule has 2 aromatic carbocycles. The Kier molecular flexibility index (Phi) is 8.33. The summed E-state index contributed by atoms with van der Waals surface area (Å²) in [6.45, 7) is 6.38. The minimum atomic E-state index is -3.73. The maximum atomic E-state index is 13.1. The number of carbonyl (C=O) groups is 1. The number of rotatable bonds is 8. The Bertz CT molecular complexity index is 1050. The zero-order valence-electron chi connectivity index (χ0n) is 19.0.